The molecule has 2 aromatic carbocycles. The Kier molecular flexibility index (Phi) is 6.71. The van der Waals surface area contributed by atoms with Crippen molar-refractivity contribution >= 4 is 23.2 Å². The Morgan fingerprint density at radius 2 is 1.55 bits per heavy atom. The van der Waals surface area contributed by atoms with Gasteiger partial charge < -0.3 is 24.7 Å². The van der Waals surface area contributed by atoms with E-state index >= 15 is 0 Å². The number of methoxy groups -OCH3 is 2. The van der Waals surface area contributed by atoms with Gasteiger partial charge in [-0.3, -0.25) is 14.4 Å². The second kappa shape index (κ2) is 9.62. The molecular formula is C23H23N3O5. The lowest BCUT2D eigenvalue weighted by Crippen LogP contribution is -2.22. The molecule has 0 atom stereocenters. The zero-order valence-electron chi connectivity index (χ0n) is 17.5. The third kappa shape index (κ3) is 5.72. The second-order valence-corrected chi connectivity index (χ2v) is 6.82. The molecule has 3 rings (SSSR count). The molecule has 1 aromatic heterocycles. The molecule has 0 saturated heterocycles. The van der Waals surface area contributed by atoms with Gasteiger partial charge >= 0.3 is 0 Å². The minimum atomic E-state index is -0.378. The first-order valence-corrected chi connectivity index (χ1v) is 9.49. The van der Waals surface area contributed by atoms with Gasteiger partial charge in [-0.1, -0.05) is 6.07 Å². The summed E-state index contributed by atoms with van der Waals surface area (Å²) in [7, 11) is 3.10. The smallest absolute Gasteiger partial charge is 0.257 e. The summed E-state index contributed by atoms with van der Waals surface area (Å²) in [5.41, 5.74) is 1.96. The number of benzene rings is 2. The molecule has 0 aliphatic heterocycles. The van der Waals surface area contributed by atoms with Gasteiger partial charge in [0.15, 0.2) is 0 Å². The molecule has 31 heavy (non-hydrogen) atoms. The van der Waals surface area contributed by atoms with Crippen molar-refractivity contribution in [2.24, 2.45) is 0 Å². The van der Waals surface area contributed by atoms with Crippen molar-refractivity contribution in [1.82, 2.24) is 4.57 Å². The molecule has 2 amide bonds. The van der Waals surface area contributed by atoms with E-state index < -0.39 is 0 Å². The number of pyridine rings is 1. The Bertz CT molecular complexity index is 1150. The van der Waals surface area contributed by atoms with E-state index in [1.807, 2.05) is 0 Å². The molecule has 0 bridgehead atoms. The highest BCUT2D eigenvalue weighted by Gasteiger charge is 2.10. The van der Waals surface area contributed by atoms with Crippen LogP contribution in [0.3, 0.4) is 0 Å². The molecule has 0 fully saturated rings. The molecule has 8 heteroatoms. The average Bonchev–Trinajstić information content (AvgIpc) is 2.74. The van der Waals surface area contributed by atoms with Crippen LogP contribution in [0, 0.1) is 0 Å². The number of rotatable bonds is 7. The maximum Gasteiger partial charge on any atom is 0.257 e. The number of amides is 2. The number of aromatic nitrogens is 1. The number of ether oxygens (including phenoxy) is 2. The van der Waals surface area contributed by atoms with Gasteiger partial charge in [0.25, 0.3) is 11.5 Å². The van der Waals surface area contributed by atoms with Crippen molar-refractivity contribution in [3.63, 3.8) is 0 Å². The van der Waals surface area contributed by atoms with Crippen molar-refractivity contribution in [3.8, 4) is 11.5 Å². The van der Waals surface area contributed by atoms with E-state index in [9.17, 15) is 14.4 Å². The van der Waals surface area contributed by atoms with Crippen LogP contribution in [-0.4, -0.2) is 30.6 Å². The molecule has 8 nitrogen and oxygen atoms in total. The highest BCUT2D eigenvalue weighted by Crippen LogP contribution is 2.23. The summed E-state index contributed by atoms with van der Waals surface area (Å²) in [5, 5.41) is 5.44. The predicted molar refractivity (Wildman–Crippen MR) is 118 cm³/mol. The number of nitrogens with zero attached hydrogens (tertiary/aromatic N) is 1. The fourth-order valence-electron chi connectivity index (χ4n) is 3.02. The summed E-state index contributed by atoms with van der Waals surface area (Å²) in [6, 6.07) is 15.0. The van der Waals surface area contributed by atoms with Crippen molar-refractivity contribution in [2.75, 3.05) is 24.9 Å². The van der Waals surface area contributed by atoms with Crippen LogP contribution in [-0.2, 0) is 11.3 Å². The first kappa shape index (κ1) is 21.6. The zero-order chi connectivity index (χ0) is 22.4. The third-order valence-corrected chi connectivity index (χ3v) is 4.45. The van der Waals surface area contributed by atoms with Crippen molar-refractivity contribution in [2.45, 2.75) is 13.5 Å². The highest BCUT2D eigenvalue weighted by atomic mass is 16.5. The molecule has 2 N–H and O–H groups in total. The molecule has 3 aromatic rings. The lowest BCUT2D eigenvalue weighted by atomic mass is 10.2. The average molecular weight is 421 g/mol. The van der Waals surface area contributed by atoms with E-state index in [2.05, 4.69) is 10.6 Å². The molecular weight excluding hydrogens is 398 g/mol. The van der Waals surface area contributed by atoms with Crippen LogP contribution in [0.25, 0.3) is 0 Å². The van der Waals surface area contributed by atoms with Gasteiger partial charge in [-0.05, 0) is 42.0 Å². The molecule has 0 aliphatic rings. The minimum Gasteiger partial charge on any atom is -0.497 e. The SMILES string of the molecule is COc1cc(Cn2cc(C(=O)Nc3cccc(NC(C)=O)c3)ccc2=O)cc(OC)c1. The van der Waals surface area contributed by atoms with E-state index in [0.29, 0.717) is 28.4 Å². The minimum absolute atomic E-state index is 0.204. The number of hydrogen-bond acceptors (Lipinski definition) is 5. The zero-order valence-corrected chi connectivity index (χ0v) is 17.5. The van der Waals surface area contributed by atoms with Gasteiger partial charge in [0, 0.05) is 36.6 Å². The molecule has 1 heterocycles. The summed E-state index contributed by atoms with van der Waals surface area (Å²) in [5.74, 6) is 0.632. The molecule has 0 unspecified atom stereocenters. The number of hydrogen-bond donors (Lipinski definition) is 2. The van der Waals surface area contributed by atoms with E-state index in [1.54, 1.807) is 56.7 Å². The van der Waals surface area contributed by atoms with E-state index in [0.717, 1.165) is 5.56 Å². The summed E-state index contributed by atoms with van der Waals surface area (Å²) in [6.45, 7) is 1.65. The molecule has 160 valence electrons. The quantitative estimate of drug-likeness (QED) is 0.611. The van der Waals surface area contributed by atoms with Crippen LogP contribution in [0.1, 0.15) is 22.8 Å². The highest BCUT2D eigenvalue weighted by molar-refractivity contribution is 6.04. The monoisotopic (exact) mass is 421 g/mol. The largest absolute Gasteiger partial charge is 0.497 e. The van der Waals surface area contributed by atoms with E-state index in [4.69, 9.17) is 9.47 Å². The summed E-state index contributed by atoms with van der Waals surface area (Å²) in [6.07, 6.45) is 1.50. The topological polar surface area (TPSA) is 98.7 Å². The number of carbonyl (C=O) groups excluding carboxylic acids is 2. The van der Waals surface area contributed by atoms with Crippen LogP contribution in [0.15, 0.2) is 65.6 Å². The van der Waals surface area contributed by atoms with Gasteiger partial charge in [-0.15, -0.1) is 0 Å². The summed E-state index contributed by atoms with van der Waals surface area (Å²) in [4.78, 5) is 36.3. The van der Waals surface area contributed by atoms with Gasteiger partial charge in [0.2, 0.25) is 5.91 Å². The molecule has 0 radical (unpaired) electrons. The Hall–Kier alpha value is -4.07. The first-order valence-electron chi connectivity index (χ1n) is 9.49. The van der Waals surface area contributed by atoms with E-state index in [-0.39, 0.29) is 23.9 Å². The summed E-state index contributed by atoms with van der Waals surface area (Å²) < 4.78 is 12.0. The Morgan fingerprint density at radius 1 is 0.903 bits per heavy atom. The fraction of sp³-hybridized carbons (Fsp3) is 0.174. The van der Waals surface area contributed by atoms with Crippen molar-refractivity contribution in [3.05, 3.63) is 82.3 Å². The van der Waals surface area contributed by atoms with Crippen LogP contribution < -0.4 is 25.7 Å². The lowest BCUT2D eigenvalue weighted by Gasteiger charge is -2.12. The van der Waals surface area contributed by atoms with Gasteiger partial charge in [0.1, 0.15) is 11.5 Å². The molecule has 0 aliphatic carbocycles. The van der Waals surface area contributed by atoms with Crippen LogP contribution in [0.2, 0.25) is 0 Å². The van der Waals surface area contributed by atoms with Crippen LogP contribution >= 0.6 is 0 Å². The molecule has 0 saturated carbocycles. The maximum absolute atomic E-state index is 12.7. The Morgan fingerprint density at radius 3 is 2.16 bits per heavy atom. The number of anilines is 2. The fourth-order valence-corrected chi connectivity index (χ4v) is 3.02. The number of nitrogens with one attached hydrogen (secondary N) is 2. The van der Waals surface area contributed by atoms with Gasteiger partial charge in [0.05, 0.1) is 26.3 Å². The maximum atomic E-state index is 12.7. The van der Waals surface area contributed by atoms with Crippen LogP contribution in [0.5, 0.6) is 11.5 Å². The first-order chi connectivity index (χ1) is 14.9. The second-order valence-electron chi connectivity index (χ2n) is 6.82. The third-order valence-electron chi connectivity index (χ3n) is 4.45. The van der Waals surface area contributed by atoms with Crippen LogP contribution in [0.4, 0.5) is 11.4 Å². The Labute approximate surface area is 179 Å². The van der Waals surface area contributed by atoms with Gasteiger partial charge in [-0.2, -0.15) is 0 Å². The Balaban J connectivity index is 1.82. The summed E-state index contributed by atoms with van der Waals surface area (Å²) >= 11 is 0. The predicted octanol–water partition coefficient (Wildman–Crippen LogP) is 3.12. The standard InChI is InChI=1S/C23H23N3O5/c1-15(27)24-18-5-4-6-19(11-18)25-23(29)17-7-8-22(28)26(14-17)13-16-9-20(30-2)12-21(10-16)31-3/h4-12,14H,13H2,1-3H3,(H,24,27)(H,25,29). The van der Waals surface area contributed by atoms with Gasteiger partial charge in [-0.25, -0.2) is 0 Å². The number of carbonyl (C=O) groups is 2. The normalized spacial score (nSPS) is 10.3. The lowest BCUT2D eigenvalue weighted by molar-refractivity contribution is -0.114. The van der Waals surface area contributed by atoms with Crippen molar-refractivity contribution in [1.29, 1.82) is 0 Å². The van der Waals surface area contributed by atoms with Crippen molar-refractivity contribution < 1.29 is 19.1 Å². The molecule has 0 spiro atoms. The van der Waals surface area contributed by atoms with E-state index in [1.165, 1.54) is 29.8 Å².